The van der Waals surface area contributed by atoms with E-state index in [0.29, 0.717) is 0 Å². The molecule has 1 unspecified atom stereocenters. The third-order valence-electron chi connectivity index (χ3n) is 1.44. The van der Waals surface area contributed by atoms with Crippen LogP contribution in [0.5, 0.6) is 0 Å². The summed E-state index contributed by atoms with van der Waals surface area (Å²) in [6.45, 7) is 2.04. The zero-order chi connectivity index (χ0) is 7.40. The number of aliphatic hydroxyl groups excluding tert-OH is 1. The monoisotopic (exact) mass is 140 g/mol. The number of hydrogen-bond acceptors (Lipinski definition) is 2. The summed E-state index contributed by atoms with van der Waals surface area (Å²) < 4.78 is 0. The molecule has 56 valence electrons. The number of aliphatic hydroxyl groups is 1. The average molecular weight is 140 g/mol. The maximum absolute atomic E-state index is 9.34. The average Bonchev–Trinajstić information content (AvgIpc) is 2.38. The van der Waals surface area contributed by atoms with Crippen molar-refractivity contribution in [2.45, 2.75) is 25.9 Å². The van der Waals surface area contributed by atoms with E-state index < -0.39 is 0 Å². The summed E-state index contributed by atoms with van der Waals surface area (Å²) in [5.41, 5.74) is 0.807. The molecule has 0 aliphatic rings. The molecule has 0 saturated carbocycles. The second kappa shape index (κ2) is 3.37. The number of aromatic amines is 1. The normalized spacial score (nSPS) is 13.4. The van der Waals surface area contributed by atoms with Gasteiger partial charge in [0.25, 0.3) is 0 Å². The van der Waals surface area contributed by atoms with E-state index in [-0.39, 0.29) is 6.10 Å². The second-order valence-electron chi connectivity index (χ2n) is 2.32. The molecule has 1 rings (SSSR count). The van der Waals surface area contributed by atoms with E-state index in [1.165, 1.54) is 0 Å². The number of aromatic nitrogens is 2. The summed E-state index contributed by atoms with van der Waals surface area (Å²) in [4.78, 5) is 0. The number of rotatable bonds is 3. The van der Waals surface area contributed by atoms with Crippen molar-refractivity contribution in [1.29, 1.82) is 0 Å². The fourth-order valence-electron chi connectivity index (χ4n) is 0.881. The predicted molar refractivity (Wildman–Crippen MR) is 38.5 cm³/mol. The summed E-state index contributed by atoms with van der Waals surface area (Å²) in [6, 6.07) is 1.79. The van der Waals surface area contributed by atoms with Gasteiger partial charge in [0.15, 0.2) is 0 Å². The minimum atomic E-state index is -0.368. The molecule has 0 amide bonds. The van der Waals surface area contributed by atoms with Crippen LogP contribution in [0.2, 0.25) is 0 Å². The fourth-order valence-corrected chi connectivity index (χ4v) is 0.881. The van der Waals surface area contributed by atoms with Gasteiger partial charge in [-0.3, -0.25) is 5.10 Å². The van der Waals surface area contributed by atoms with Gasteiger partial charge in [-0.05, 0) is 12.5 Å². The first kappa shape index (κ1) is 7.28. The Kier molecular flexibility index (Phi) is 2.45. The van der Waals surface area contributed by atoms with E-state index in [4.69, 9.17) is 0 Å². The van der Waals surface area contributed by atoms with Crippen LogP contribution in [0.15, 0.2) is 12.3 Å². The minimum absolute atomic E-state index is 0.368. The lowest BCUT2D eigenvalue weighted by atomic mass is 10.1. The minimum Gasteiger partial charge on any atom is -0.387 e. The molecule has 0 bridgehead atoms. The molecule has 1 aromatic rings. The summed E-state index contributed by atoms with van der Waals surface area (Å²) in [7, 11) is 0. The first-order chi connectivity index (χ1) is 4.84. The van der Waals surface area contributed by atoms with Crippen molar-refractivity contribution in [3.63, 3.8) is 0 Å². The van der Waals surface area contributed by atoms with E-state index in [9.17, 15) is 5.11 Å². The van der Waals surface area contributed by atoms with Crippen LogP contribution >= 0.6 is 0 Å². The van der Waals surface area contributed by atoms with Gasteiger partial charge in [0, 0.05) is 6.20 Å². The molecule has 1 heterocycles. The first-order valence-corrected chi connectivity index (χ1v) is 3.52. The van der Waals surface area contributed by atoms with Gasteiger partial charge < -0.3 is 5.11 Å². The lowest BCUT2D eigenvalue weighted by Gasteiger charge is -2.04. The Hall–Kier alpha value is -0.830. The number of nitrogens with one attached hydrogen (secondary N) is 1. The quantitative estimate of drug-likeness (QED) is 0.663. The largest absolute Gasteiger partial charge is 0.387 e. The van der Waals surface area contributed by atoms with Crippen molar-refractivity contribution in [3.8, 4) is 0 Å². The van der Waals surface area contributed by atoms with Crippen molar-refractivity contribution in [2.75, 3.05) is 0 Å². The standard InChI is InChI=1S/C7H12N2O/c1-2-3-7(10)6-4-5-8-9-6/h4-5,7,10H,2-3H2,1H3,(H,8,9). The lowest BCUT2D eigenvalue weighted by molar-refractivity contribution is 0.161. The van der Waals surface area contributed by atoms with E-state index >= 15 is 0 Å². The summed E-state index contributed by atoms with van der Waals surface area (Å²) in [6.07, 6.45) is 3.06. The third-order valence-corrected chi connectivity index (χ3v) is 1.44. The van der Waals surface area contributed by atoms with Gasteiger partial charge in [0.1, 0.15) is 0 Å². The summed E-state index contributed by atoms with van der Waals surface area (Å²) in [5, 5.41) is 15.8. The summed E-state index contributed by atoms with van der Waals surface area (Å²) in [5.74, 6) is 0. The topological polar surface area (TPSA) is 48.9 Å². The second-order valence-corrected chi connectivity index (χ2v) is 2.32. The molecule has 0 aromatic carbocycles. The van der Waals surface area contributed by atoms with Crippen LogP contribution < -0.4 is 0 Å². The van der Waals surface area contributed by atoms with Crippen molar-refractivity contribution >= 4 is 0 Å². The highest BCUT2D eigenvalue weighted by molar-refractivity contribution is 5.00. The maximum Gasteiger partial charge on any atom is 0.0954 e. The SMILES string of the molecule is CCCC(O)c1ccn[nH]1. The van der Waals surface area contributed by atoms with E-state index in [0.717, 1.165) is 18.5 Å². The highest BCUT2D eigenvalue weighted by Crippen LogP contribution is 2.13. The lowest BCUT2D eigenvalue weighted by Crippen LogP contribution is -1.96. The van der Waals surface area contributed by atoms with Crippen LogP contribution in [0.4, 0.5) is 0 Å². The molecular weight excluding hydrogens is 128 g/mol. The van der Waals surface area contributed by atoms with Gasteiger partial charge in [-0.25, -0.2) is 0 Å². The molecule has 0 fully saturated rings. The molecule has 2 N–H and O–H groups in total. The first-order valence-electron chi connectivity index (χ1n) is 3.52. The highest BCUT2D eigenvalue weighted by Gasteiger charge is 2.05. The van der Waals surface area contributed by atoms with Gasteiger partial charge in [0.2, 0.25) is 0 Å². The van der Waals surface area contributed by atoms with Crippen molar-refractivity contribution in [1.82, 2.24) is 10.2 Å². The zero-order valence-corrected chi connectivity index (χ0v) is 6.04. The van der Waals surface area contributed by atoms with Crippen LogP contribution in [0.3, 0.4) is 0 Å². The van der Waals surface area contributed by atoms with Gasteiger partial charge in [-0.15, -0.1) is 0 Å². The molecule has 3 nitrogen and oxygen atoms in total. The maximum atomic E-state index is 9.34. The van der Waals surface area contributed by atoms with Crippen LogP contribution in [-0.2, 0) is 0 Å². The zero-order valence-electron chi connectivity index (χ0n) is 6.04. The molecule has 0 spiro atoms. The molecule has 0 aliphatic carbocycles. The Balaban J connectivity index is 2.50. The smallest absolute Gasteiger partial charge is 0.0954 e. The fraction of sp³-hybridized carbons (Fsp3) is 0.571. The van der Waals surface area contributed by atoms with Crippen molar-refractivity contribution < 1.29 is 5.11 Å². The molecule has 1 aromatic heterocycles. The molecule has 0 saturated heterocycles. The summed E-state index contributed by atoms with van der Waals surface area (Å²) >= 11 is 0. The number of H-pyrrole nitrogens is 1. The van der Waals surface area contributed by atoms with Crippen LogP contribution in [-0.4, -0.2) is 15.3 Å². The van der Waals surface area contributed by atoms with Gasteiger partial charge in [0.05, 0.1) is 11.8 Å². The van der Waals surface area contributed by atoms with Gasteiger partial charge >= 0.3 is 0 Å². The van der Waals surface area contributed by atoms with Gasteiger partial charge in [-0.1, -0.05) is 13.3 Å². The van der Waals surface area contributed by atoms with Gasteiger partial charge in [-0.2, -0.15) is 5.10 Å². The molecular formula is C7H12N2O. The Morgan fingerprint density at radius 2 is 2.60 bits per heavy atom. The Morgan fingerprint density at radius 3 is 3.10 bits per heavy atom. The Bertz CT molecular complexity index is 172. The highest BCUT2D eigenvalue weighted by atomic mass is 16.3. The number of hydrogen-bond donors (Lipinski definition) is 2. The van der Waals surface area contributed by atoms with E-state index in [1.807, 2.05) is 6.92 Å². The molecule has 3 heteroatoms. The van der Waals surface area contributed by atoms with Crippen LogP contribution in [0.1, 0.15) is 31.6 Å². The molecule has 0 radical (unpaired) electrons. The van der Waals surface area contributed by atoms with Crippen LogP contribution in [0, 0.1) is 0 Å². The molecule has 0 aliphatic heterocycles. The van der Waals surface area contributed by atoms with E-state index in [2.05, 4.69) is 10.2 Å². The predicted octanol–water partition coefficient (Wildman–Crippen LogP) is 1.24. The van der Waals surface area contributed by atoms with Crippen LogP contribution in [0.25, 0.3) is 0 Å². The number of nitrogens with zero attached hydrogens (tertiary/aromatic N) is 1. The van der Waals surface area contributed by atoms with Crippen molar-refractivity contribution in [3.05, 3.63) is 18.0 Å². The van der Waals surface area contributed by atoms with Crippen molar-refractivity contribution in [2.24, 2.45) is 0 Å². The Morgan fingerprint density at radius 1 is 1.80 bits per heavy atom. The van der Waals surface area contributed by atoms with E-state index in [1.54, 1.807) is 12.3 Å². The Labute approximate surface area is 60.1 Å². The molecule has 1 atom stereocenters. The molecule has 10 heavy (non-hydrogen) atoms. The third kappa shape index (κ3) is 1.57.